The van der Waals surface area contributed by atoms with E-state index in [0.717, 1.165) is 12.0 Å². The van der Waals surface area contributed by atoms with Crippen molar-refractivity contribution in [2.45, 2.75) is 26.3 Å². The molecule has 0 aliphatic carbocycles. The molecule has 7 heteroatoms. The summed E-state index contributed by atoms with van der Waals surface area (Å²) in [5.41, 5.74) is 1.96. The zero-order valence-corrected chi connectivity index (χ0v) is 13.7. The van der Waals surface area contributed by atoms with E-state index in [9.17, 15) is 4.79 Å². The quantitative estimate of drug-likeness (QED) is 0.871. The van der Waals surface area contributed by atoms with Crippen LogP contribution in [-0.2, 0) is 9.53 Å². The number of hydrogen-bond acceptors (Lipinski definition) is 5. The zero-order valence-electron chi connectivity index (χ0n) is 12.9. The molecule has 0 spiro atoms. The van der Waals surface area contributed by atoms with Crippen LogP contribution < -0.4 is 5.32 Å². The van der Waals surface area contributed by atoms with Crippen LogP contribution in [0.2, 0.25) is 5.02 Å². The van der Waals surface area contributed by atoms with Crippen molar-refractivity contribution in [3.8, 4) is 0 Å². The van der Waals surface area contributed by atoms with E-state index >= 15 is 0 Å². The minimum Gasteiger partial charge on any atom is -0.462 e. The number of nitrogens with one attached hydrogen (secondary N) is 1. The van der Waals surface area contributed by atoms with E-state index in [-0.39, 0.29) is 5.97 Å². The van der Waals surface area contributed by atoms with Crippen LogP contribution in [0.4, 0.5) is 5.95 Å². The Labute approximate surface area is 139 Å². The second-order valence-electron chi connectivity index (χ2n) is 5.25. The molecule has 0 saturated carbocycles. The maximum absolute atomic E-state index is 12.6. The van der Waals surface area contributed by atoms with Gasteiger partial charge in [0.15, 0.2) is 0 Å². The number of esters is 1. The number of carbonyl (C=O) groups excluding carboxylic acids is 1. The zero-order chi connectivity index (χ0) is 16.4. The SMILES string of the molecule is CCCOC(=O)C1=C(C)Nc2ncnn2C1c1ccccc1Cl. The number of carbonyl (C=O) groups is 1. The molecule has 23 heavy (non-hydrogen) atoms. The first-order valence-electron chi connectivity index (χ1n) is 7.42. The van der Waals surface area contributed by atoms with Gasteiger partial charge in [0.05, 0.1) is 12.2 Å². The molecule has 1 aromatic heterocycles. The number of aromatic nitrogens is 3. The predicted octanol–water partition coefficient (Wildman–Crippen LogP) is 3.17. The van der Waals surface area contributed by atoms with E-state index in [1.165, 1.54) is 6.33 Å². The third-order valence-electron chi connectivity index (χ3n) is 3.65. The average Bonchev–Trinajstić information content (AvgIpc) is 3.00. The largest absolute Gasteiger partial charge is 0.462 e. The summed E-state index contributed by atoms with van der Waals surface area (Å²) in [5, 5.41) is 7.90. The Kier molecular flexibility index (Phi) is 4.34. The van der Waals surface area contributed by atoms with Crippen molar-refractivity contribution in [2.24, 2.45) is 0 Å². The number of anilines is 1. The highest BCUT2D eigenvalue weighted by Crippen LogP contribution is 2.37. The Hall–Kier alpha value is -2.34. The maximum atomic E-state index is 12.6. The van der Waals surface area contributed by atoms with Crippen LogP contribution in [0.5, 0.6) is 0 Å². The summed E-state index contributed by atoms with van der Waals surface area (Å²) in [4.78, 5) is 16.7. The smallest absolute Gasteiger partial charge is 0.338 e. The Balaban J connectivity index is 2.11. The van der Waals surface area contributed by atoms with Crippen LogP contribution in [-0.4, -0.2) is 27.3 Å². The number of ether oxygens (including phenoxy) is 1. The van der Waals surface area contributed by atoms with Crippen molar-refractivity contribution in [3.05, 3.63) is 52.4 Å². The van der Waals surface area contributed by atoms with Gasteiger partial charge in [0.2, 0.25) is 5.95 Å². The predicted molar refractivity (Wildman–Crippen MR) is 87.2 cm³/mol. The number of fused-ring (bicyclic) bond motifs is 1. The summed E-state index contributed by atoms with van der Waals surface area (Å²) in [6, 6.07) is 6.93. The van der Waals surface area contributed by atoms with Gasteiger partial charge in [0.25, 0.3) is 0 Å². The van der Waals surface area contributed by atoms with E-state index in [0.29, 0.717) is 28.8 Å². The first-order valence-corrected chi connectivity index (χ1v) is 7.80. The minimum absolute atomic E-state index is 0.370. The summed E-state index contributed by atoms with van der Waals surface area (Å²) < 4.78 is 6.99. The topological polar surface area (TPSA) is 69.0 Å². The molecular weight excluding hydrogens is 316 g/mol. The van der Waals surface area contributed by atoms with E-state index in [2.05, 4.69) is 15.4 Å². The molecule has 0 bridgehead atoms. The fraction of sp³-hybridized carbons (Fsp3) is 0.312. The summed E-state index contributed by atoms with van der Waals surface area (Å²) in [7, 11) is 0. The Morgan fingerprint density at radius 3 is 2.96 bits per heavy atom. The van der Waals surface area contributed by atoms with Crippen LogP contribution in [0, 0.1) is 0 Å². The molecule has 1 aliphatic heterocycles. The number of benzene rings is 1. The Morgan fingerprint density at radius 2 is 2.22 bits per heavy atom. The lowest BCUT2D eigenvalue weighted by molar-refractivity contribution is -0.139. The second kappa shape index (κ2) is 6.42. The molecule has 2 heterocycles. The number of halogens is 1. The van der Waals surface area contributed by atoms with Crippen molar-refractivity contribution >= 4 is 23.5 Å². The van der Waals surface area contributed by atoms with E-state index in [1.807, 2.05) is 32.0 Å². The highest BCUT2D eigenvalue weighted by Gasteiger charge is 2.35. The van der Waals surface area contributed by atoms with Gasteiger partial charge in [-0.05, 0) is 19.4 Å². The first kappa shape index (κ1) is 15.6. The second-order valence-corrected chi connectivity index (χ2v) is 5.66. The summed E-state index contributed by atoms with van der Waals surface area (Å²) in [6.45, 7) is 4.15. The van der Waals surface area contributed by atoms with Crippen molar-refractivity contribution in [3.63, 3.8) is 0 Å². The van der Waals surface area contributed by atoms with Crippen LogP contribution in [0.3, 0.4) is 0 Å². The number of hydrogen-bond donors (Lipinski definition) is 1. The molecule has 1 aromatic carbocycles. The number of allylic oxidation sites excluding steroid dienone is 1. The summed E-state index contributed by atoms with van der Waals surface area (Å²) in [6.07, 6.45) is 2.20. The van der Waals surface area contributed by atoms with E-state index in [1.54, 1.807) is 10.7 Å². The molecule has 3 rings (SSSR count). The molecule has 0 saturated heterocycles. The fourth-order valence-electron chi connectivity index (χ4n) is 2.61. The average molecular weight is 333 g/mol. The van der Waals surface area contributed by atoms with Crippen LogP contribution in [0.25, 0.3) is 0 Å². The van der Waals surface area contributed by atoms with E-state index in [4.69, 9.17) is 16.3 Å². The molecule has 1 N–H and O–H groups in total. The highest BCUT2D eigenvalue weighted by atomic mass is 35.5. The molecule has 120 valence electrons. The van der Waals surface area contributed by atoms with Crippen molar-refractivity contribution in [1.29, 1.82) is 0 Å². The molecule has 6 nitrogen and oxygen atoms in total. The van der Waals surface area contributed by atoms with E-state index < -0.39 is 6.04 Å². The lowest BCUT2D eigenvalue weighted by atomic mass is 9.96. The van der Waals surface area contributed by atoms with Crippen LogP contribution >= 0.6 is 11.6 Å². The third-order valence-corrected chi connectivity index (χ3v) is 4.00. The number of nitrogens with zero attached hydrogens (tertiary/aromatic N) is 3. The van der Waals surface area contributed by atoms with Gasteiger partial charge in [-0.3, -0.25) is 0 Å². The van der Waals surface area contributed by atoms with Crippen molar-refractivity contribution in [1.82, 2.24) is 14.8 Å². The third kappa shape index (κ3) is 2.82. The molecular formula is C16H17ClN4O2. The van der Waals surface area contributed by atoms with Gasteiger partial charge in [-0.2, -0.15) is 10.1 Å². The van der Waals surface area contributed by atoms with Gasteiger partial charge in [-0.15, -0.1) is 0 Å². The molecule has 1 unspecified atom stereocenters. The molecule has 1 aliphatic rings. The Bertz CT molecular complexity index is 769. The van der Waals surface area contributed by atoms with Gasteiger partial charge in [-0.25, -0.2) is 9.48 Å². The summed E-state index contributed by atoms with van der Waals surface area (Å²) in [5.74, 6) is 0.197. The molecule has 0 amide bonds. The standard InChI is InChI=1S/C16H17ClN4O2/c1-3-8-23-15(22)13-10(2)20-16-18-9-19-21(16)14(13)11-6-4-5-7-12(11)17/h4-7,9,14H,3,8H2,1-2H3,(H,18,19,20). The van der Waals surface area contributed by atoms with Crippen molar-refractivity contribution in [2.75, 3.05) is 11.9 Å². The molecule has 2 aromatic rings. The lowest BCUT2D eigenvalue weighted by Crippen LogP contribution is -2.30. The molecule has 0 radical (unpaired) electrons. The van der Waals surface area contributed by atoms with Crippen LogP contribution in [0.15, 0.2) is 41.9 Å². The van der Waals surface area contributed by atoms with Gasteiger partial charge < -0.3 is 10.1 Å². The van der Waals surface area contributed by atoms with Crippen molar-refractivity contribution < 1.29 is 9.53 Å². The Morgan fingerprint density at radius 1 is 1.43 bits per heavy atom. The van der Waals surface area contributed by atoms with Gasteiger partial charge >= 0.3 is 5.97 Å². The highest BCUT2D eigenvalue weighted by molar-refractivity contribution is 6.31. The van der Waals surface area contributed by atoms with Gasteiger partial charge in [0, 0.05) is 16.3 Å². The first-order chi connectivity index (χ1) is 11.1. The van der Waals surface area contributed by atoms with Gasteiger partial charge in [-0.1, -0.05) is 36.7 Å². The fourth-order valence-corrected chi connectivity index (χ4v) is 2.85. The normalized spacial score (nSPS) is 16.7. The summed E-state index contributed by atoms with van der Waals surface area (Å²) >= 11 is 6.36. The van der Waals surface area contributed by atoms with Crippen LogP contribution in [0.1, 0.15) is 31.9 Å². The van der Waals surface area contributed by atoms with Gasteiger partial charge in [0.1, 0.15) is 12.4 Å². The molecule has 0 fully saturated rings. The number of rotatable bonds is 4. The lowest BCUT2D eigenvalue weighted by Gasteiger charge is -2.28. The maximum Gasteiger partial charge on any atom is 0.338 e. The monoisotopic (exact) mass is 332 g/mol. The molecule has 1 atom stereocenters. The minimum atomic E-state index is -0.466.